The van der Waals surface area contributed by atoms with Crippen LogP contribution >= 0.6 is 0 Å². The van der Waals surface area contributed by atoms with Crippen LogP contribution in [-0.2, 0) is 6.54 Å². The zero-order valence-electron chi connectivity index (χ0n) is 11.0. The number of hydrogen-bond donors (Lipinski definition) is 1. The topological polar surface area (TPSA) is 42.4 Å². The van der Waals surface area contributed by atoms with Crippen LogP contribution in [0, 0.1) is 12.8 Å². The van der Waals surface area contributed by atoms with Crippen LogP contribution in [0.4, 0.5) is 0 Å². The standard InChI is InChI=1S/C14H24N2O/c1-3-16(10-14-11(2)7-8-17-14)13-6-4-5-12(13)9-15/h7-8,12-13H,3-6,9-10,15H2,1-2H3. The van der Waals surface area contributed by atoms with Crippen molar-refractivity contribution in [3.8, 4) is 0 Å². The highest BCUT2D eigenvalue weighted by atomic mass is 16.3. The minimum Gasteiger partial charge on any atom is -0.468 e. The van der Waals surface area contributed by atoms with Crippen LogP contribution < -0.4 is 5.73 Å². The van der Waals surface area contributed by atoms with Crippen molar-refractivity contribution < 1.29 is 4.42 Å². The molecular formula is C14H24N2O. The zero-order chi connectivity index (χ0) is 12.3. The summed E-state index contributed by atoms with van der Waals surface area (Å²) in [6.45, 7) is 7.15. The second-order valence-corrected chi connectivity index (χ2v) is 5.08. The van der Waals surface area contributed by atoms with Crippen LogP contribution in [0.2, 0.25) is 0 Å². The van der Waals surface area contributed by atoms with Crippen molar-refractivity contribution in [2.75, 3.05) is 13.1 Å². The third kappa shape index (κ3) is 2.72. The number of rotatable bonds is 5. The fraction of sp³-hybridized carbons (Fsp3) is 0.714. The lowest BCUT2D eigenvalue weighted by molar-refractivity contribution is 0.150. The second-order valence-electron chi connectivity index (χ2n) is 5.08. The Balaban J connectivity index is 2.03. The molecule has 17 heavy (non-hydrogen) atoms. The van der Waals surface area contributed by atoms with E-state index >= 15 is 0 Å². The van der Waals surface area contributed by atoms with Gasteiger partial charge in [0.2, 0.25) is 0 Å². The van der Waals surface area contributed by atoms with Gasteiger partial charge < -0.3 is 10.2 Å². The monoisotopic (exact) mass is 236 g/mol. The minimum atomic E-state index is 0.648. The van der Waals surface area contributed by atoms with Gasteiger partial charge in [-0.1, -0.05) is 13.3 Å². The molecular weight excluding hydrogens is 212 g/mol. The molecule has 2 rings (SSSR count). The molecule has 1 aromatic rings. The Labute approximate surface area is 104 Å². The van der Waals surface area contributed by atoms with Gasteiger partial charge in [0.1, 0.15) is 5.76 Å². The summed E-state index contributed by atoms with van der Waals surface area (Å²) in [5.74, 6) is 1.78. The molecule has 0 aromatic carbocycles. The smallest absolute Gasteiger partial charge is 0.120 e. The summed E-state index contributed by atoms with van der Waals surface area (Å²) in [5, 5.41) is 0. The maximum Gasteiger partial charge on any atom is 0.120 e. The predicted octanol–water partition coefficient (Wildman–Crippen LogP) is 2.54. The molecule has 1 heterocycles. The quantitative estimate of drug-likeness (QED) is 0.854. The second kappa shape index (κ2) is 5.69. The maximum absolute atomic E-state index is 5.87. The van der Waals surface area contributed by atoms with E-state index in [1.165, 1.54) is 24.8 Å². The highest BCUT2D eigenvalue weighted by Crippen LogP contribution is 2.30. The molecule has 1 aromatic heterocycles. The largest absolute Gasteiger partial charge is 0.468 e. The summed E-state index contributed by atoms with van der Waals surface area (Å²) in [6.07, 6.45) is 5.68. The van der Waals surface area contributed by atoms with Crippen molar-refractivity contribution in [1.29, 1.82) is 0 Å². The van der Waals surface area contributed by atoms with E-state index in [1.54, 1.807) is 6.26 Å². The Morgan fingerprint density at radius 2 is 2.29 bits per heavy atom. The lowest BCUT2D eigenvalue weighted by Gasteiger charge is -2.31. The number of hydrogen-bond acceptors (Lipinski definition) is 3. The summed E-state index contributed by atoms with van der Waals surface area (Å²) in [4.78, 5) is 2.52. The Morgan fingerprint density at radius 3 is 2.88 bits per heavy atom. The van der Waals surface area contributed by atoms with Gasteiger partial charge in [0, 0.05) is 6.04 Å². The van der Waals surface area contributed by atoms with Crippen molar-refractivity contribution in [3.63, 3.8) is 0 Å². The summed E-state index contributed by atoms with van der Waals surface area (Å²) >= 11 is 0. The Morgan fingerprint density at radius 1 is 1.47 bits per heavy atom. The number of furan rings is 1. The molecule has 3 heteroatoms. The van der Waals surface area contributed by atoms with Gasteiger partial charge in [-0.15, -0.1) is 0 Å². The zero-order valence-corrected chi connectivity index (χ0v) is 11.0. The van der Waals surface area contributed by atoms with E-state index in [9.17, 15) is 0 Å². The fourth-order valence-electron chi connectivity index (χ4n) is 2.99. The van der Waals surface area contributed by atoms with Crippen LogP contribution in [0.15, 0.2) is 16.7 Å². The molecule has 2 atom stereocenters. The summed E-state index contributed by atoms with van der Waals surface area (Å²) < 4.78 is 5.55. The average Bonchev–Trinajstić information content (AvgIpc) is 2.95. The van der Waals surface area contributed by atoms with E-state index in [0.717, 1.165) is 25.4 Å². The fourth-order valence-corrected chi connectivity index (χ4v) is 2.99. The number of nitrogens with two attached hydrogens (primary N) is 1. The molecule has 96 valence electrons. The Kier molecular flexibility index (Phi) is 4.24. The SMILES string of the molecule is CCN(Cc1occc1C)C1CCCC1CN. The molecule has 3 nitrogen and oxygen atoms in total. The first-order valence-electron chi connectivity index (χ1n) is 6.73. The molecule has 1 fully saturated rings. The molecule has 0 spiro atoms. The predicted molar refractivity (Wildman–Crippen MR) is 69.7 cm³/mol. The first-order chi connectivity index (χ1) is 8.26. The van der Waals surface area contributed by atoms with Gasteiger partial charge in [0.15, 0.2) is 0 Å². The molecule has 2 N–H and O–H groups in total. The van der Waals surface area contributed by atoms with E-state index < -0.39 is 0 Å². The van der Waals surface area contributed by atoms with E-state index in [-0.39, 0.29) is 0 Å². The van der Waals surface area contributed by atoms with E-state index in [0.29, 0.717) is 12.0 Å². The third-order valence-electron chi connectivity index (χ3n) is 4.11. The maximum atomic E-state index is 5.87. The molecule has 1 saturated carbocycles. The molecule has 0 bridgehead atoms. The molecule has 0 amide bonds. The molecule has 1 aliphatic rings. The van der Waals surface area contributed by atoms with E-state index in [2.05, 4.69) is 18.7 Å². The molecule has 0 aliphatic heterocycles. The number of nitrogens with zero attached hydrogens (tertiary/aromatic N) is 1. The van der Waals surface area contributed by atoms with Crippen molar-refractivity contribution in [3.05, 3.63) is 23.7 Å². The average molecular weight is 236 g/mol. The van der Waals surface area contributed by atoms with Crippen molar-refractivity contribution in [1.82, 2.24) is 4.90 Å². The number of aryl methyl sites for hydroxylation is 1. The van der Waals surface area contributed by atoms with Gasteiger partial charge in [0.05, 0.1) is 12.8 Å². The van der Waals surface area contributed by atoms with Gasteiger partial charge in [-0.2, -0.15) is 0 Å². The lowest BCUT2D eigenvalue weighted by atomic mass is 10.0. The molecule has 1 aliphatic carbocycles. The van der Waals surface area contributed by atoms with Gasteiger partial charge >= 0.3 is 0 Å². The van der Waals surface area contributed by atoms with Gasteiger partial charge in [0.25, 0.3) is 0 Å². The highest BCUT2D eigenvalue weighted by Gasteiger charge is 2.30. The first kappa shape index (κ1) is 12.7. The van der Waals surface area contributed by atoms with E-state index in [1.807, 2.05) is 6.07 Å². The normalized spacial score (nSPS) is 24.7. The molecule has 0 saturated heterocycles. The van der Waals surface area contributed by atoms with Crippen LogP contribution in [-0.4, -0.2) is 24.0 Å². The minimum absolute atomic E-state index is 0.648. The van der Waals surface area contributed by atoms with Gasteiger partial charge in [-0.3, -0.25) is 4.90 Å². The molecule has 0 radical (unpaired) electrons. The van der Waals surface area contributed by atoms with Crippen molar-refractivity contribution >= 4 is 0 Å². The van der Waals surface area contributed by atoms with E-state index in [4.69, 9.17) is 10.2 Å². The summed E-state index contributed by atoms with van der Waals surface area (Å²) in [5.41, 5.74) is 7.13. The van der Waals surface area contributed by atoms with Crippen molar-refractivity contribution in [2.45, 2.75) is 45.7 Å². The van der Waals surface area contributed by atoms with Gasteiger partial charge in [-0.05, 0) is 50.4 Å². The van der Waals surface area contributed by atoms with Crippen LogP contribution in [0.1, 0.15) is 37.5 Å². The van der Waals surface area contributed by atoms with Crippen LogP contribution in [0.5, 0.6) is 0 Å². The Hall–Kier alpha value is -0.800. The highest BCUT2D eigenvalue weighted by molar-refractivity contribution is 5.14. The summed E-state index contributed by atoms with van der Waals surface area (Å²) in [7, 11) is 0. The first-order valence-corrected chi connectivity index (χ1v) is 6.73. The van der Waals surface area contributed by atoms with Crippen LogP contribution in [0.25, 0.3) is 0 Å². The Bertz CT molecular complexity index is 348. The van der Waals surface area contributed by atoms with Crippen molar-refractivity contribution in [2.24, 2.45) is 11.7 Å². The summed E-state index contributed by atoms with van der Waals surface area (Å²) in [6, 6.07) is 2.69. The van der Waals surface area contributed by atoms with Crippen LogP contribution in [0.3, 0.4) is 0 Å². The van der Waals surface area contributed by atoms with Gasteiger partial charge in [-0.25, -0.2) is 0 Å². The molecule has 2 unspecified atom stereocenters. The lowest BCUT2D eigenvalue weighted by Crippen LogP contribution is -2.39. The third-order valence-corrected chi connectivity index (χ3v) is 4.11.